The molecular weight excluding hydrogens is 300 g/mol. The molecule has 1 saturated heterocycles. The molecule has 9 heteroatoms. The predicted octanol–water partition coefficient (Wildman–Crippen LogP) is 0.934. The van der Waals surface area contributed by atoms with Crippen LogP contribution in [0.25, 0.3) is 11.3 Å². The van der Waals surface area contributed by atoms with Gasteiger partial charge in [-0.2, -0.15) is 0 Å². The maximum Gasteiger partial charge on any atom is 0.245 e. The molecule has 0 radical (unpaired) electrons. The molecule has 0 saturated carbocycles. The smallest absolute Gasteiger partial charge is 0.245 e. The average molecular weight is 322 g/mol. The Morgan fingerprint density at radius 3 is 2.83 bits per heavy atom. The lowest BCUT2D eigenvalue weighted by Gasteiger charge is -2.33. The van der Waals surface area contributed by atoms with E-state index in [0.29, 0.717) is 36.2 Å². The van der Waals surface area contributed by atoms with Crippen molar-refractivity contribution in [1.82, 2.24) is 20.3 Å². The first-order valence-electron chi connectivity index (χ1n) is 7.78. The second-order valence-corrected chi connectivity index (χ2v) is 5.64. The number of nitrogens with zero attached hydrogens (tertiary/aromatic N) is 5. The SMILES string of the molecule is COCCNc1nc2nonc2nc1N1CCCC(COC)C1. The summed E-state index contributed by atoms with van der Waals surface area (Å²) < 4.78 is 15.1. The average Bonchev–Trinajstić information content (AvgIpc) is 3.02. The van der Waals surface area contributed by atoms with Crippen LogP contribution in [0.5, 0.6) is 0 Å². The van der Waals surface area contributed by atoms with E-state index in [2.05, 4.69) is 30.5 Å². The molecule has 0 aliphatic carbocycles. The summed E-state index contributed by atoms with van der Waals surface area (Å²) in [4.78, 5) is 11.3. The van der Waals surface area contributed by atoms with Gasteiger partial charge in [0, 0.05) is 33.9 Å². The number of nitrogens with one attached hydrogen (secondary N) is 1. The molecule has 0 spiro atoms. The fourth-order valence-corrected chi connectivity index (χ4v) is 2.87. The molecule has 0 bridgehead atoms. The fourth-order valence-electron chi connectivity index (χ4n) is 2.87. The van der Waals surface area contributed by atoms with Crippen molar-refractivity contribution in [3.05, 3.63) is 0 Å². The molecule has 1 fully saturated rings. The van der Waals surface area contributed by atoms with Crippen molar-refractivity contribution in [3.63, 3.8) is 0 Å². The van der Waals surface area contributed by atoms with Crippen molar-refractivity contribution in [3.8, 4) is 0 Å². The molecule has 126 valence electrons. The van der Waals surface area contributed by atoms with E-state index in [1.165, 1.54) is 0 Å². The Morgan fingerprint density at radius 2 is 2.04 bits per heavy atom. The van der Waals surface area contributed by atoms with E-state index < -0.39 is 0 Å². The van der Waals surface area contributed by atoms with Crippen LogP contribution >= 0.6 is 0 Å². The van der Waals surface area contributed by atoms with Crippen LogP contribution in [-0.2, 0) is 9.47 Å². The quantitative estimate of drug-likeness (QED) is 0.746. The zero-order chi connectivity index (χ0) is 16.1. The van der Waals surface area contributed by atoms with Crippen molar-refractivity contribution in [2.45, 2.75) is 12.8 Å². The van der Waals surface area contributed by atoms with E-state index in [4.69, 9.17) is 14.1 Å². The molecule has 0 amide bonds. The highest BCUT2D eigenvalue weighted by molar-refractivity contribution is 5.74. The van der Waals surface area contributed by atoms with Gasteiger partial charge in [0.2, 0.25) is 11.3 Å². The van der Waals surface area contributed by atoms with Gasteiger partial charge in [0.15, 0.2) is 11.6 Å². The van der Waals surface area contributed by atoms with Crippen LogP contribution < -0.4 is 10.2 Å². The van der Waals surface area contributed by atoms with Gasteiger partial charge in [0.1, 0.15) is 0 Å². The number of piperidine rings is 1. The summed E-state index contributed by atoms with van der Waals surface area (Å²) in [6, 6.07) is 0. The third-order valence-corrected chi connectivity index (χ3v) is 3.92. The highest BCUT2D eigenvalue weighted by Crippen LogP contribution is 2.28. The first kappa shape index (κ1) is 15.9. The van der Waals surface area contributed by atoms with Gasteiger partial charge >= 0.3 is 0 Å². The first-order chi connectivity index (χ1) is 11.3. The van der Waals surface area contributed by atoms with E-state index in [9.17, 15) is 0 Å². The van der Waals surface area contributed by atoms with Crippen molar-refractivity contribution in [2.75, 3.05) is 57.3 Å². The van der Waals surface area contributed by atoms with Gasteiger partial charge in [0.25, 0.3) is 0 Å². The topological polar surface area (TPSA) is 98.4 Å². The van der Waals surface area contributed by atoms with Crippen molar-refractivity contribution in [1.29, 1.82) is 0 Å². The predicted molar refractivity (Wildman–Crippen MR) is 84.6 cm³/mol. The van der Waals surface area contributed by atoms with Gasteiger partial charge in [-0.3, -0.25) is 0 Å². The summed E-state index contributed by atoms with van der Waals surface area (Å²) in [6.07, 6.45) is 2.26. The van der Waals surface area contributed by atoms with Gasteiger partial charge < -0.3 is 19.7 Å². The lowest BCUT2D eigenvalue weighted by Crippen LogP contribution is -2.38. The molecule has 23 heavy (non-hydrogen) atoms. The lowest BCUT2D eigenvalue weighted by atomic mass is 9.99. The van der Waals surface area contributed by atoms with Gasteiger partial charge in [-0.05, 0) is 29.1 Å². The monoisotopic (exact) mass is 322 g/mol. The standard InChI is InChI=1S/C14H22N6O3/c1-21-7-5-15-13-14(17-12-11(16-13)18-23-19-12)20-6-3-4-10(8-20)9-22-2/h10H,3-9H2,1-2H3,(H,15,16,18). The van der Waals surface area contributed by atoms with Crippen LogP contribution in [0, 0.1) is 5.92 Å². The van der Waals surface area contributed by atoms with E-state index in [1.54, 1.807) is 14.2 Å². The van der Waals surface area contributed by atoms with Crippen LogP contribution in [0.4, 0.5) is 11.6 Å². The summed E-state index contributed by atoms with van der Waals surface area (Å²) in [5.74, 6) is 1.96. The second-order valence-electron chi connectivity index (χ2n) is 5.64. The third kappa shape index (κ3) is 3.67. The number of anilines is 2. The summed E-state index contributed by atoms with van der Waals surface area (Å²) in [7, 11) is 3.41. The van der Waals surface area contributed by atoms with Crippen LogP contribution in [0.3, 0.4) is 0 Å². The number of hydrogen-bond acceptors (Lipinski definition) is 9. The van der Waals surface area contributed by atoms with Gasteiger partial charge in [-0.15, -0.1) is 0 Å². The Labute approximate surface area is 134 Å². The van der Waals surface area contributed by atoms with Crippen molar-refractivity contribution < 1.29 is 14.1 Å². The molecule has 1 aliphatic rings. The molecule has 1 N–H and O–H groups in total. The van der Waals surface area contributed by atoms with Crippen molar-refractivity contribution in [2.24, 2.45) is 5.92 Å². The summed E-state index contributed by atoms with van der Waals surface area (Å²) >= 11 is 0. The van der Waals surface area contributed by atoms with Crippen LogP contribution in [-0.4, -0.2) is 67.3 Å². The molecular formula is C14H22N6O3. The van der Waals surface area contributed by atoms with Gasteiger partial charge in [-0.25, -0.2) is 14.6 Å². The molecule has 3 heterocycles. The highest BCUT2D eigenvalue weighted by Gasteiger charge is 2.24. The normalized spacial score (nSPS) is 18.5. The molecule has 3 rings (SSSR count). The zero-order valence-electron chi connectivity index (χ0n) is 13.5. The number of rotatable bonds is 7. The summed E-state index contributed by atoms with van der Waals surface area (Å²) in [6.45, 7) is 3.81. The maximum atomic E-state index is 5.30. The van der Waals surface area contributed by atoms with E-state index in [1.807, 2.05) is 0 Å². The summed E-state index contributed by atoms with van der Waals surface area (Å²) in [5.41, 5.74) is 0.824. The van der Waals surface area contributed by atoms with E-state index >= 15 is 0 Å². The Bertz CT molecular complexity index is 632. The van der Waals surface area contributed by atoms with Crippen molar-refractivity contribution >= 4 is 22.9 Å². The first-order valence-corrected chi connectivity index (χ1v) is 7.78. The molecule has 2 aromatic rings. The third-order valence-electron chi connectivity index (χ3n) is 3.92. The van der Waals surface area contributed by atoms with E-state index in [0.717, 1.165) is 38.4 Å². The molecule has 9 nitrogen and oxygen atoms in total. The fraction of sp³-hybridized carbons (Fsp3) is 0.714. The minimum atomic E-state index is 0.402. The number of methoxy groups -OCH3 is 2. The largest absolute Gasteiger partial charge is 0.384 e. The number of hydrogen-bond donors (Lipinski definition) is 1. The van der Waals surface area contributed by atoms with Gasteiger partial charge in [-0.1, -0.05) is 0 Å². The Hall–Kier alpha value is -2.00. The molecule has 1 atom stereocenters. The maximum absolute atomic E-state index is 5.30. The highest BCUT2D eigenvalue weighted by atomic mass is 16.6. The minimum absolute atomic E-state index is 0.402. The minimum Gasteiger partial charge on any atom is -0.384 e. The molecule has 1 aliphatic heterocycles. The zero-order valence-corrected chi connectivity index (χ0v) is 13.5. The molecule has 1 unspecified atom stereocenters. The van der Waals surface area contributed by atoms with Crippen LogP contribution in [0.15, 0.2) is 4.63 Å². The lowest BCUT2D eigenvalue weighted by molar-refractivity contribution is 0.143. The van der Waals surface area contributed by atoms with E-state index in [-0.39, 0.29) is 0 Å². The van der Waals surface area contributed by atoms with Gasteiger partial charge in [0.05, 0.1) is 13.2 Å². The Kier molecular flexibility index (Phi) is 5.19. The molecule has 2 aromatic heterocycles. The Balaban J connectivity index is 1.85. The van der Waals surface area contributed by atoms with Crippen LogP contribution in [0.1, 0.15) is 12.8 Å². The summed E-state index contributed by atoms with van der Waals surface area (Å²) in [5, 5.41) is 10.8. The van der Waals surface area contributed by atoms with Crippen LogP contribution in [0.2, 0.25) is 0 Å². The number of fused-ring (bicyclic) bond motifs is 1. The number of aromatic nitrogens is 4. The second kappa shape index (κ2) is 7.51. The molecule has 0 aromatic carbocycles. The Morgan fingerprint density at radius 1 is 1.22 bits per heavy atom. The number of ether oxygens (including phenoxy) is 2.